The summed E-state index contributed by atoms with van der Waals surface area (Å²) in [5.74, 6) is -0.556. The Morgan fingerprint density at radius 2 is 1.96 bits per heavy atom. The lowest BCUT2D eigenvalue weighted by molar-refractivity contribution is 0.0963. The van der Waals surface area contributed by atoms with Gasteiger partial charge in [0.1, 0.15) is 5.00 Å². The van der Waals surface area contributed by atoms with Crippen molar-refractivity contribution in [1.29, 1.82) is 0 Å². The standard InChI is InChI=1S/C16H14Cl2N2O2S/c1-19-15(22)13-9-3-2-4-12(9)23-16(13)20-14(21)10-7-8(17)5-6-11(10)18/h5-7H,2-4H2,1H3,(H,19,22)(H,20,21). The second-order valence-electron chi connectivity index (χ2n) is 5.22. The van der Waals surface area contributed by atoms with Crippen molar-refractivity contribution in [2.75, 3.05) is 12.4 Å². The second kappa shape index (κ2) is 6.51. The van der Waals surface area contributed by atoms with Gasteiger partial charge in [0, 0.05) is 16.9 Å². The summed E-state index contributed by atoms with van der Waals surface area (Å²) < 4.78 is 0. The summed E-state index contributed by atoms with van der Waals surface area (Å²) in [7, 11) is 1.58. The quantitative estimate of drug-likeness (QED) is 0.854. The van der Waals surface area contributed by atoms with Gasteiger partial charge in [0.2, 0.25) is 0 Å². The molecule has 2 amide bonds. The molecule has 1 aliphatic carbocycles. The van der Waals surface area contributed by atoms with Crippen LogP contribution < -0.4 is 10.6 Å². The molecule has 0 aliphatic heterocycles. The molecule has 4 nitrogen and oxygen atoms in total. The lowest BCUT2D eigenvalue weighted by Crippen LogP contribution is -2.21. The van der Waals surface area contributed by atoms with Crippen LogP contribution in [0.2, 0.25) is 10.0 Å². The summed E-state index contributed by atoms with van der Waals surface area (Å²) in [4.78, 5) is 25.9. The normalized spacial score (nSPS) is 12.8. The third kappa shape index (κ3) is 3.09. The molecular weight excluding hydrogens is 355 g/mol. The molecule has 2 N–H and O–H groups in total. The molecule has 0 radical (unpaired) electrons. The Labute approximate surface area is 147 Å². The summed E-state index contributed by atoms with van der Waals surface area (Å²) in [6.07, 6.45) is 2.85. The largest absolute Gasteiger partial charge is 0.355 e. The molecular formula is C16H14Cl2N2O2S. The number of benzene rings is 1. The molecule has 1 aromatic heterocycles. The number of nitrogens with one attached hydrogen (secondary N) is 2. The van der Waals surface area contributed by atoms with E-state index in [1.807, 2.05) is 0 Å². The van der Waals surface area contributed by atoms with E-state index >= 15 is 0 Å². The molecule has 1 aliphatic rings. The number of aryl methyl sites for hydroxylation is 1. The number of hydrogen-bond donors (Lipinski definition) is 2. The number of hydrogen-bond acceptors (Lipinski definition) is 3. The van der Waals surface area contributed by atoms with Gasteiger partial charge in [-0.1, -0.05) is 23.2 Å². The van der Waals surface area contributed by atoms with E-state index in [0.717, 1.165) is 29.7 Å². The minimum absolute atomic E-state index is 0.183. The zero-order valence-electron chi connectivity index (χ0n) is 12.3. The van der Waals surface area contributed by atoms with E-state index in [1.165, 1.54) is 17.4 Å². The molecule has 0 fully saturated rings. The van der Waals surface area contributed by atoms with Crippen LogP contribution in [0.4, 0.5) is 5.00 Å². The van der Waals surface area contributed by atoms with Gasteiger partial charge in [-0.3, -0.25) is 9.59 Å². The van der Waals surface area contributed by atoms with Gasteiger partial charge in [0.15, 0.2) is 0 Å². The number of halogens is 2. The Morgan fingerprint density at radius 1 is 1.17 bits per heavy atom. The number of thiophene rings is 1. The lowest BCUT2D eigenvalue weighted by atomic mass is 10.1. The van der Waals surface area contributed by atoms with Crippen molar-refractivity contribution in [3.63, 3.8) is 0 Å². The maximum atomic E-state index is 12.5. The van der Waals surface area contributed by atoms with E-state index in [1.54, 1.807) is 19.2 Å². The van der Waals surface area contributed by atoms with E-state index < -0.39 is 0 Å². The van der Waals surface area contributed by atoms with E-state index in [-0.39, 0.29) is 17.4 Å². The third-order valence-corrected chi connectivity index (χ3v) is 5.55. The van der Waals surface area contributed by atoms with E-state index in [4.69, 9.17) is 23.2 Å². The number of carbonyl (C=O) groups excluding carboxylic acids is 2. The molecule has 2 aromatic rings. The van der Waals surface area contributed by atoms with Crippen molar-refractivity contribution in [1.82, 2.24) is 5.32 Å². The third-order valence-electron chi connectivity index (χ3n) is 3.78. The monoisotopic (exact) mass is 368 g/mol. The molecule has 1 aromatic carbocycles. The number of anilines is 1. The van der Waals surface area contributed by atoms with Gasteiger partial charge < -0.3 is 10.6 Å². The summed E-state index contributed by atoms with van der Waals surface area (Å²) in [5.41, 5.74) is 1.90. The van der Waals surface area contributed by atoms with Gasteiger partial charge in [0.25, 0.3) is 11.8 Å². The average Bonchev–Trinajstić information content (AvgIpc) is 3.09. The maximum Gasteiger partial charge on any atom is 0.257 e. The minimum Gasteiger partial charge on any atom is -0.355 e. The lowest BCUT2D eigenvalue weighted by Gasteiger charge is -2.09. The Bertz CT molecular complexity index is 802. The average molecular weight is 369 g/mol. The molecule has 120 valence electrons. The maximum absolute atomic E-state index is 12.5. The van der Waals surface area contributed by atoms with Gasteiger partial charge in [-0.05, 0) is 43.0 Å². The molecule has 23 heavy (non-hydrogen) atoms. The molecule has 0 atom stereocenters. The van der Waals surface area contributed by atoms with E-state index in [2.05, 4.69) is 10.6 Å². The van der Waals surface area contributed by atoms with Gasteiger partial charge >= 0.3 is 0 Å². The van der Waals surface area contributed by atoms with Crippen molar-refractivity contribution < 1.29 is 9.59 Å². The number of carbonyl (C=O) groups is 2. The Balaban J connectivity index is 1.95. The van der Waals surface area contributed by atoms with Crippen LogP contribution in [0.15, 0.2) is 18.2 Å². The summed E-state index contributed by atoms with van der Waals surface area (Å²) in [6, 6.07) is 4.71. The van der Waals surface area contributed by atoms with Gasteiger partial charge in [-0.25, -0.2) is 0 Å². The van der Waals surface area contributed by atoms with Gasteiger partial charge in [-0.2, -0.15) is 0 Å². The van der Waals surface area contributed by atoms with E-state index in [9.17, 15) is 9.59 Å². The van der Waals surface area contributed by atoms with Crippen LogP contribution >= 0.6 is 34.5 Å². The van der Waals surface area contributed by atoms with Gasteiger partial charge in [0.05, 0.1) is 16.1 Å². The number of rotatable bonds is 3. The predicted octanol–water partition coefficient (Wildman–Crippen LogP) is 4.16. The predicted molar refractivity (Wildman–Crippen MR) is 94.1 cm³/mol. The first kappa shape index (κ1) is 16.3. The van der Waals surface area contributed by atoms with Crippen molar-refractivity contribution in [2.45, 2.75) is 19.3 Å². The Kier molecular flexibility index (Phi) is 4.62. The van der Waals surface area contributed by atoms with Crippen LogP contribution in [0.1, 0.15) is 37.6 Å². The molecule has 3 rings (SSSR count). The fraction of sp³-hybridized carbons (Fsp3) is 0.250. The highest BCUT2D eigenvalue weighted by molar-refractivity contribution is 7.17. The Morgan fingerprint density at radius 3 is 2.70 bits per heavy atom. The zero-order chi connectivity index (χ0) is 16.6. The van der Waals surface area contributed by atoms with Crippen molar-refractivity contribution >= 4 is 51.4 Å². The van der Waals surface area contributed by atoms with Crippen molar-refractivity contribution in [3.05, 3.63) is 49.8 Å². The first-order chi connectivity index (χ1) is 11.0. The smallest absolute Gasteiger partial charge is 0.257 e. The molecule has 0 saturated heterocycles. The molecule has 1 heterocycles. The summed E-state index contributed by atoms with van der Waals surface area (Å²) >= 11 is 13.5. The van der Waals surface area contributed by atoms with Gasteiger partial charge in [-0.15, -0.1) is 11.3 Å². The molecule has 0 saturated carbocycles. The van der Waals surface area contributed by atoms with Crippen molar-refractivity contribution in [2.24, 2.45) is 0 Å². The summed E-state index contributed by atoms with van der Waals surface area (Å²) in [6.45, 7) is 0. The topological polar surface area (TPSA) is 58.2 Å². The molecule has 0 spiro atoms. The van der Waals surface area contributed by atoms with Crippen molar-refractivity contribution in [3.8, 4) is 0 Å². The van der Waals surface area contributed by atoms with Crippen LogP contribution in [0.3, 0.4) is 0 Å². The highest BCUT2D eigenvalue weighted by Gasteiger charge is 2.27. The van der Waals surface area contributed by atoms with Crippen LogP contribution in [0, 0.1) is 0 Å². The fourth-order valence-corrected chi connectivity index (χ4v) is 4.36. The van der Waals surface area contributed by atoms with E-state index in [0.29, 0.717) is 20.6 Å². The number of fused-ring (bicyclic) bond motifs is 1. The zero-order valence-corrected chi connectivity index (χ0v) is 14.7. The molecule has 0 unspecified atom stereocenters. The first-order valence-electron chi connectivity index (χ1n) is 7.14. The fourth-order valence-electron chi connectivity index (χ4n) is 2.70. The first-order valence-corrected chi connectivity index (χ1v) is 8.71. The van der Waals surface area contributed by atoms with Crippen LogP contribution in [0.25, 0.3) is 0 Å². The molecule has 0 bridgehead atoms. The second-order valence-corrected chi connectivity index (χ2v) is 7.17. The summed E-state index contributed by atoms with van der Waals surface area (Å²) in [5, 5.41) is 6.77. The number of amides is 2. The van der Waals surface area contributed by atoms with Crippen LogP contribution in [0.5, 0.6) is 0 Å². The SMILES string of the molecule is CNC(=O)c1c(NC(=O)c2cc(Cl)ccc2Cl)sc2c1CCC2. The highest BCUT2D eigenvalue weighted by Crippen LogP contribution is 2.39. The van der Waals surface area contributed by atoms with Crippen LogP contribution in [-0.2, 0) is 12.8 Å². The Hall–Kier alpha value is -1.56. The minimum atomic E-state index is -0.373. The van der Waals surface area contributed by atoms with Crippen LogP contribution in [-0.4, -0.2) is 18.9 Å². The highest BCUT2D eigenvalue weighted by atomic mass is 35.5. The molecule has 7 heteroatoms.